The molecule has 0 radical (unpaired) electrons. The van der Waals surface area contributed by atoms with Gasteiger partial charge in [0, 0.05) is 20.2 Å². The molecular weight excluding hydrogens is 226 g/mol. The maximum Gasteiger partial charge on any atom is 0.106 e. The molecule has 0 amide bonds. The monoisotopic (exact) mass is 253 g/mol. The van der Waals surface area contributed by atoms with Crippen molar-refractivity contribution in [2.45, 2.75) is 51.2 Å². The zero-order valence-electron chi connectivity index (χ0n) is 12.0. The highest BCUT2D eigenvalue weighted by molar-refractivity contribution is 5.06. The summed E-state index contributed by atoms with van der Waals surface area (Å²) >= 11 is 0. The van der Waals surface area contributed by atoms with Gasteiger partial charge in [0.1, 0.15) is 5.54 Å². The highest BCUT2D eigenvalue weighted by atomic mass is 16.5. The van der Waals surface area contributed by atoms with Crippen molar-refractivity contribution < 1.29 is 4.74 Å². The smallest absolute Gasteiger partial charge is 0.106 e. The van der Waals surface area contributed by atoms with Crippen LogP contribution in [0, 0.1) is 11.3 Å². The van der Waals surface area contributed by atoms with Gasteiger partial charge in [-0.15, -0.1) is 0 Å². The molecule has 0 aromatic carbocycles. The summed E-state index contributed by atoms with van der Waals surface area (Å²) < 4.78 is 5.36. The Bertz CT molecular complexity index is 277. The Morgan fingerprint density at radius 1 is 1.50 bits per heavy atom. The van der Waals surface area contributed by atoms with Crippen LogP contribution < -0.4 is 5.32 Å². The predicted molar refractivity (Wildman–Crippen MR) is 73.4 cm³/mol. The van der Waals surface area contributed by atoms with Crippen LogP contribution in [0.5, 0.6) is 0 Å². The average Bonchev–Trinajstić information content (AvgIpc) is 2.85. The van der Waals surface area contributed by atoms with Crippen molar-refractivity contribution in [3.63, 3.8) is 0 Å². The summed E-state index contributed by atoms with van der Waals surface area (Å²) in [5.41, 5.74) is -0.324. The van der Waals surface area contributed by atoms with Crippen molar-refractivity contribution in [3.05, 3.63) is 0 Å². The highest BCUT2D eigenvalue weighted by Crippen LogP contribution is 2.18. The zero-order valence-corrected chi connectivity index (χ0v) is 12.0. The third-order valence-electron chi connectivity index (χ3n) is 3.97. The van der Waals surface area contributed by atoms with Crippen molar-refractivity contribution in [2.24, 2.45) is 0 Å². The number of hydrogen-bond donors (Lipinski definition) is 1. The van der Waals surface area contributed by atoms with Crippen molar-refractivity contribution in [1.29, 1.82) is 5.26 Å². The third kappa shape index (κ3) is 4.24. The molecular formula is C14H27N3O. The lowest BCUT2D eigenvalue weighted by Gasteiger charge is -2.27. The summed E-state index contributed by atoms with van der Waals surface area (Å²) in [5, 5.41) is 12.7. The summed E-state index contributed by atoms with van der Waals surface area (Å²) in [6.45, 7) is 8.26. The summed E-state index contributed by atoms with van der Waals surface area (Å²) in [6.07, 6.45) is 4.43. The first kappa shape index (κ1) is 15.4. The fourth-order valence-corrected chi connectivity index (χ4v) is 2.70. The normalized spacial score (nSPS) is 23.8. The molecule has 0 aromatic heterocycles. The van der Waals surface area contributed by atoms with Gasteiger partial charge in [-0.1, -0.05) is 13.8 Å². The molecule has 104 valence electrons. The van der Waals surface area contributed by atoms with Crippen LogP contribution in [0.1, 0.15) is 39.5 Å². The molecule has 0 aliphatic carbocycles. The van der Waals surface area contributed by atoms with Crippen LogP contribution in [0.25, 0.3) is 0 Å². The fraction of sp³-hybridized carbons (Fsp3) is 0.929. The van der Waals surface area contributed by atoms with Gasteiger partial charge in [0.15, 0.2) is 0 Å². The van der Waals surface area contributed by atoms with Gasteiger partial charge in [-0.25, -0.2) is 0 Å². The lowest BCUT2D eigenvalue weighted by Crippen LogP contribution is -2.43. The SMILES string of the molecule is CCNC(C#N)(CC)CCCN1CCC(OC)C1. The van der Waals surface area contributed by atoms with Crippen molar-refractivity contribution in [2.75, 3.05) is 33.3 Å². The van der Waals surface area contributed by atoms with Gasteiger partial charge in [0.25, 0.3) is 0 Å². The van der Waals surface area contributed by atoms with E-state index in [-0.39, 0.29) is 5.54 Å². The quantitative estimate of drug-likeness (QED) is 0.716. The molecule has 0 spiro atoms. The fourth-order valence-electron chi connectivity index (χ4n) is 2.70. The second-order valence-electron chi connectivity index (χ2n) is 5.13. The van der Waals surface area contributed by atoms with Crippen LogP contribution in [0.4, 0.5) is 0 Å². The number of likely N-dealkylation sites (tertiary alicyclic amines) is 1. The summed E-state index contributed by atoms with van der Waals surface area (Å²) in [5.74, 6) is 0. The molecule has 18 heavy (non-hydrogen) atoms. The molecule has 0 aromatic rings. The standard InChI is InChI=1S/C14H27N3O/c1-4-14(12-15,16-5-2)8-6-9-17-10-7-13(11-17)18-3/h13,16H,4-11H2,1-3H3. The summed E-state index contributed by atoms with van der Waals surface area (Å²) in [7, 11) is 1.79. The molecule has 4 heteroatoms. The van der Waals surface area contributed by atoms with E-state index in [0.29, 0.717) is 6.10 Å². The largest absolute Gasteiger partial charge is 0.380 e. The zero-order chi connectivity index (χ0) is 13.4. The van der Waals surface area contributed by atoms with Gasteiger partial charge in [-0.2, -0.15) is 5.26 Å². The van der Waals surface area contributed by atoms with Crippen molar-refractivity contribution in [3.8, 4) is 6.07 Å². The second-order valence-corrected chi connectivity index (χ2v) is 5.13. The maximum absolute atomic E-state index is 9.33. The van der Waals surface area contributed by atoms with E-state index in [4.69, 9.17) is 4.74 Å². The topological polar surface area (TPSA) is 48.3 Å². The van der Waals surface area contributed by atoms with E-state index in [1.165, 1.54) is 0 Å². The number of nitriles is 1. The molecule has 1 rings (SSSR count). The Morgan fingerprint density at radius 3 is 2.78 bits per heavy atom. The van der Waals surface area contributed by atoms with E-state index in [1.54, 1.807) is 7.11 Å². The Kier molecular flexibility index (Phi) is 6.62. The highest BCUT2D eigenvalue weighted by Gasteiger charge is 2.27. The number of nitrogens with one attached hydrogen (secondary N) is 1. The number of ether oxygens (including phenoxy) is 1. The molecule has 1 saturated heterocycles. The molecule has 1 heterocycles. The molecule has 1 aliphatic rings. The lowest BCUT2D eigenvalue weighted by atomic mass is 9.92. The van der Waals surface area contributed by atoms with Gasteiger partial charge >= 0.3 is 0 Å². The summed E-state index contributed by atoms with van der Waals surface area (Å²) in [4.78, 5) is 2.44. The van der Waals surface area contributed by atoms with Crippen LogP contribution in [0.15, 0.2) is 0 Å². The van der Waals surface area contributed by atoms with E-state index in [0.717, 1.165) is 51.9 Å². The van der Waals surface area contributed by atoms with Gasteiger partial charge in [0.2, 0.25) is 0 Å². The first-order chi connectivity index (χ1) is 8.69. The molecule has 1 fully saturated rings. The minimum absolute atomic E-state index is 0.324. The number of rotatable bonds is 8. The van der Waals surface area contributed by atoms with E-state index in [9.17, 15) is 5.26 Å². The van der Waals surface area contributed by atoms with Crippen LogP contribution in [0.2, 0.25) is 0 Å². The first-order valence-corrected chi connectivity index (χ1v) is 7.11. The van der Waals surface area contributed by atoms with Crippen LogP contribution >= 0.6 is 0 Å². The molecule has 2 unspecified atom stereocenters. The van der Waals surface area contributed by atoms with E-state index in [2.05, 4.69) is 30.1 Å². The molecule has 1 aliphatic heterocycles. The van der Waals surface area contributed by atoms with E-state index in [1.807, 2.05) is 0 Å². The molecule has 4 nitrogen and oxygen atoms in total. The average molecular weight is 253 g/mol. The second kappa shape index (κ2) is 7.73. The Balaban J connectivity index is 2.29. The number of hydrogen-bond acceptors (Lipinski definition) is 4. The van der Waals surface area contributed by atoms with Gasteiger partial charge < -0.3 is 9.64 Å². The molecule has 0 saturated carbocycles. The molecule has 0 bridgehead atoms. The molecule has 2 atom stereocenters. The first-order valence-electron chi connectivity index (χ1n) is 7.11. The lowest BCUT2D eigenvalue weighted by molar-refractivity contribution is 0.107. The number of methoxy groups -OCH3 is 1. The number of nitrogens with zero attached hydrogens (tertiary/aromatic N) is 2. The van der Waals surface area contributed by atoms with Gasteiger partial charge in [-0.3, -0.25) is 5.32 Å². The Hall–Kier alpha value is -0.630. The van der Waals surface area contributed by atoms with Gasteiger partial charge in [0.05, 0.1) is 12.2 Å². The Morgan fingerprint density at radius 2 is 2.28 bits per heavy atom. The summed E-state index contributed by atoms with van der Waals surface area (Å²) in [6, 6.07) is 2.46. The maximum atomic E-state index is 9.33. The van der Waals surface area contributed by atoms with Crippen LogP contribution in [0.3, 0.4) is 0 Å². The van der Waals surface area contributed by atoms with Crippen molar-refractivity contribution in [1.82, 2.24) is 10.2 Å². The van der Waals surface area contributed by atoms with Crippen LogP contribution in [-0.4, -0.2) is 49.8 Å². The third-order valence-corrected chi connectivity index (χ3v) is 3.97. The molecule has 1 N–H and O–H groups in total. The van der Waals surface area contributed by atoms with Crippen LogP contribution in [-0.2, 0) is 4.74 Å². The van der Waals surface area contributed by atoms with Gasteiger partial charge in [-0.05, 0) is 38.8 Å². The predicted octanol–water partition coefficient (Wildman–Crippen LogP) is 1.77. The minimum Gasteiger partial charge on any atom is -0.380 e. The van der Waals surface area contributed by atoms with Crippen molar-refractivity contribution >= 4 is 0 Å². The van der Waals surface area contributed by atoms with E-state index < -0.39 is 0 Å². The van der Waals surface area contributed by atoms with E-state index >= 15 is 0 Å². The minimum atomic E-state index is -0.324. The Labute approximate surface area is 111 Å².